The van der Waals surface area contributed by atoms with Crippen LogP contribution in [-0.4, -0.2) is 74.3 Å². The zero-order chi connectivity index (χ0) is 55.0. The molecule has 0 aromatic heterocycles. The predicted molar refractivity (Wildman–Crippen MR) is 323 cm³/mol. The van der Waals surface area contributed by atoms with Crippen molar-refractivity contribution in [3.8, 4) is 0 Å². The zero-order valence-corrected chi connectivity index (χ0v) is 52.0. The van der Waals surface area contributed by atoms with Crippen LogP contribution in [0, 0.1) is 0 Å². The number of likely N-dealkylation sites (N-methyl/N-ethyl adjacent to an activating group) is 1. The maximum atomic E-state index is 13.6. The van der Waals surface area contributed by atoms with Crippen molar-refractivity contribution in [2.45, 2.75) is 354 Å². The average Bonchev–Trinajstić information content (AvgIpc) is 3.37. The number of phosphoric ester groups is 1. The molecule has 9 nitrogen and oxygen atoms in total. The fourth-order valence-corrected chi connectivity index (χ4v) is 10.9. The van der Waals surface area contributed by atoms with E-state index in [9.17, 15) is 19.0 Å². The second-order valence-corrected chi connectivity index (χ2v) is 25.5. The lowest BCUT2D eigenvalue weighted by atomic mass is 10.0. The molecule has 446 valence electrons. The quantitative estimate of drug-likeness (QED) is 0.0205. The lowest BCUT2D eigenvalue weighted by Crippen LogP contribution is -2.47. The van der Waals surface area contributed by atoms with E-state index in [0.717, 1.165) is 57.8 Å². The summed E-state index contributed by atoms with van der Waals surface area (Å²) in [6.07, 6.45) is 65.0. The second kappa shape index (κ2) is 56.0. The molecule has 0 saturated heterocycles. The molecule has 0 aliphatic heterocycles. The Kier molecular flexibility index (Phi) is 55.1. The molecule has 0 aromatic carbocycles. The highest BCUT2D eigenvalue weighted by atomic mass is 31.2. The number of carbonyl (C=O) groups is 2. The van der Waals surface area contributed by atoms with Crippen LogP contribution in [0.15, 0.2) is 12.2 Å². The summed E-state index contributed by atoms with van der Waals surface area (Å²) in [4.78, 5) is 37.7. The molecule has 3 unspecified atom stereocenters. The first-order valence-electron chi connectivity index (χ1n) is 33.0. The van der Waals surface area contributed by atoms with E-state index in [-0.39, 0.29) is 25.1 Å². The van der Waals surface area contributed by atoms with E-state index in [1.807, 2.05) is 33.3 Å². The van der Waals surface area contributed by atoms with Crippen LogP contribution in [0.4, 0.5) is 0 Å². The molecule has 0 aliphatic rings. The van der Waals surface area contributed by atoms with E-state index in [0.29, 0.717) is 23.9 Å². The van der Waals surface area contributed by atoms with Crippen molar-refractivity contribution in [3.63, 3.8) is 0 Å². The summed E-state index contributed by atoms with van der Waals surface area (Å²) >= 11 is 0. The summed E-state index contributed by atoms with van der Waals surface area (Å²) in [5.41, 5.74) is 0. The van der Waals surface area contributed by atoms with Gasteiger partial charge in [-0.3, -0.25) is 18.6 Å². The first-order valence-corrected chi connectivity index (χ1v) is 34.5. The maximum Gasteiger partial charge on any atom is 0.472 e. The summed E-state index contributed by atoms with van der Waals surface area (Å²) in [5.74, 6) is -0.481. The molecular weight excluding hydrogens is 952 g/mol. The fourth-order valence-electron chi connectivity index (χ4n) is 10.1. The van der Waals surface area contributed by atoms with Gasteiger partial charge in [0.25, 0.3) is 0 Å². The number of amides is 1. The topological polar surface area (TPSA) is 111 Å². The van der Waals surface area contributed by atoms with Crippen LogP contribution in [0.5, 0.6) is 0 Å². The largest absolute Gasteiger partial charge is 0.472 e. The Labute approximate surface area is 467 Å². The van der Waals surface area contributed by atoms with Crippen LogP contribution in [-0.2, 0) is 27.9 Å². The van der Waals surface area contributed by atoms with Crippen molar-refractivity contribution in [1.82, 2.24) is 5.32 Å². The molecule has 0 aliphatic carbocycles. The van der Waals surface area contributed by atoms with Gasteiger partial charge in [-0.25, -0.2) is 4.57 Å². The van der Waals surface area contributed by atoms with Crippen LogP contribution < -0.4 is 5.32 Å². The molecule has 1 amide bonds. The fraction of sp³-hybridized carbons (Fsp3) is 0.938. The lowest BCUT2D eigenvalue weighted by Gasteiger charge is -2.27. The summed E-state index contributed by atoms with van der Waals surface area (Å²) in [5, 5.41) is 3.07. The third-order valence-electron chi connectivity index (χ3n) is 15.2. The smallest absolute Gasteiger partial charge is 0.456 e. The molecule has 0 rings (SSSR count). The molecule has 0 bridgehead atoms. The molecule has 0 saturated carbocycles. The van der Waals surface area contributed by atoms with Crippen LogP contribution >= 0.6 is 7.82 Å². The van der Waals surface area contributed by atoms with Gasteiger partial charge in [-0.1, -0.05) is 309 Å². The Bertz CT molecular complexity index is 1290. The Hall–Kier alpha value is -1.25. The number of rotatable bonds is 61. The molecule has 2 N–H and O–H groups in total. The number of hydrogen-bond donors (Lipinski definition) is 2. The van der Waals surface area contributed by atoms with Crippen molar-refractivity contribution in [2.75, 3.05) is 40.9 Å². The molecule has 0 heterocycles. The third kappa shape index (κ3) is 57.3. The normalized spacial score (nSPS) is 13.6. The van der Waals surface area contributed by atoms with Crippen LogP contribution in [0.25, 0.3) is 0 Å². The van der Waals surface area contributed by atoms with E-state index in [2.05, 4.69) is 26.1 Å². The molecule has 10 heteroatoms. The number of hydrogen-bond acceptors (Lipinski definition) is 6. The highest BCUT2D eigenvalue weighted by Gasteiger charge is 2.30. The molecule has 3 atom stereocenters. The maximum absolute atomic E-state index is 13.6. The van der Waals surface area contributed by atoms with Crippen LogP contribution in [0.1, 0.15) is 342 Å². The number of allylic oxidation sites excluding steroid dienone is 1. The van der Waals surface area contributed by atoms with E-state index in [1.165, 1.54) is 250 Å². The van der Waals surface area contributed by atoms with Gasteiger partial charge in [-0.15, -0.1) is 0 Å². The van der Waals surface area contributed by atoms with Crippen molar-refractivity contribution in [2.24, 2.45) is 0 Å². The van der Waals surface area contributed by atoms with Crippen molar-refractivity contribution in [1.29, 1.82) is 0 Å². The van der Waals surface area contributed by atoms with Gasteiger partial charge in [-0.2, -0.15) is 0 Å². The Balaban J connectivity index is 5.08. The van der Waals surface area contributed by atoms with Gasteiger partial charge in [0.15, 0.2) is 0 Å². The number of nitrogens with zero attached hydrogens (tertiary/aromatic N) is 1. The minimum absolute atomic E-state index is 0.0458. The molecule has 75 heavy (non-hydrogen) atoms. The number of esters is 1. The molecule has 0 radical (unpaired) electrons. The zero-order valence-electron chi connectivity index (χ0n) is 51.1. The van der Waals surface area contributed by atoms with Gasteiger partial charge in [0.1, 0.15) is 19.3 Å². The van der Waals surface area contributed by atoms with Gasteiger partial charge < -0.3 is 19.4 Å². The summed E-state index contributed by atoms with van der Waals surface area (Å²) in [6.45, 7) is 7.07. The summed E-state index contributed by atoms with van der Waals surface area (Å²) in [6, 6.07) is -0.839. The van der Waals surface area contributed by atoms with Gasteiger partial charge in [0.05, 0.1) is 33.8 Å². The first-order chi connectivity index (χ1) is 36.4. The molecule has 0 fully saturated rings. The van der Waals surface area contributed by atoms with Gasteiger partial charge >= 0.3 is 13.8 Å². The number of carbonyl (C=O) groups excluding carboxylic acids is 2. The number of phosphoric acid groups is 1. The molecule has 0 spiro atoms. The highest BCUT2D eigenvalue weighted by Crippen LogP contribution is 2.43. The van der Waals surface area contributed by atoms with Crippen LogP contribution in [0.3, 0.4) is 0 Å². The van der Waals surface area contributed by atoms with Gasteiger partial charge in [0.2, 0.25) is 5.91 Å². The Morgan fingerprint density at radius 3 is 1.09 bits per heavy atom. The van der Waals surface area contributed by atoms with Crippen molar-refractivity contribution in [3.05, 3.63) is 12.2 Å². The van der Waals surface area contributed by atoms with E-state index >= 15 is 0 Å². The third-order valence-corrected chi connectivity index (χ3v) is 16.2. The number of nitrogens with one attached hydrogen (secondary N) is 1. The standard InChI is InChI=1S/C65H129N2O7P/c1-7-10-13-16-19-22-25-27-29-31-32-33-34-36-37-39-42-45-48-51-54-57-64(68)66-62(61-73-75(70,71)72-60-59-67(4,5)6)63(56-53-50-47-44-41-24-21-18-15-12-9-3)74-65(69)58-55-52-49-46-43-40-38-35-30-28-26-23-20-17-14-11-8-2/h53,56,62-63H,7-52,54-55,57-61H2,1-6H3,(H-,66,68,70,71)/p+1/b56-53+. The monoisotopic (exact) mass is 1080 g/mol. The van der Waals surface area contributed by atoms with Crippen LogP contribution in [0.2, 0.25) is 0 Å². The lowest BCUT2D eigenvalue weighted by molar-refractivity contribution is -0.870. The minimum Gasteiger partial charge on any atom is -0.456 e. The Morgan fingerprint density at radius 1 is 0.453 bits per heavy atom. The SMILES string of the molecule is CCCCCCCCCCC/C=C/C(OC(=O)CCCCCCCCCCCCCCCCCCC)C(COP(=O)(O)OCC[N+](C)(C)C)NC(=O)CCCCCCCCCCCCCCCCCCCCCCC. The highest BCUT2D eigenvalue weighted by molar-refractivity contribution is 7.47. The van der Waals surface area contributed by atoms with Crippen molar-refractivity contribution >= 4 is 19.7 Å². The van der Waals surface area contributed by atoms with E-state index in [4.69, 9.17) is 13.8 Å². The average molecular weight is 1080 g/mol. The van der Waals surface area contributed by atoms with Gasteiger partial charge in [0, 0.05) is 12.8 Å². The number of quaternary nitrogens is 1. The van der Waals surface area contributed by atoms with Crippen molar-refractivity contribution < 1.29 is 37.3 Å². The summed E-state index contributed by atoms with van der Waals surface area (Å²) < 4.78 is 30.7. The van der Waals surface area contributed by atoms with Gasteiger partial charge in [-0.05, 0) is 31.8 Å². The van der Waals surface area contributed by atoms with E-state index < -0.39 is 20.0 Å². The summed E-state index contributed by atoms with van der Waals surface area (Å²) in [7, 11) is 1.52. The predicted octanol–water partition coefficient (Wildman–Crippen LogP) is 20.3. The minimum atomic E-state index is -4.44. The number of ether oxygens (including phenoxy) is 1. The second-order valence-electron chi connectivity index (χ2n) is 24.0. The first kappa shape index (κ1) is 73.8. The molecular formula is C65H130N2O7P+. The number of unbranched alkanes of at least 4 members (excludes halogenated alkanes) is 45. The van der Waals surface area contributed by atoms with E-state index in [1.54, 1.807) is 0 Å². The Morgan fingerprint density at radius 2 is 0.760 bits per heavy atom. The molecule has 0 aromatic rings.